The van der Waals surface area contributed by atoms with Crippen molar-refractivity contribution in [2.75, 3.05) is 19.7 Å². The van der Waals surface area contributed by atoms with Gasteiger partial charge in [0.2, 0.25) is 0 Å². The minimum absolute atomic E-state index is 0.101. The van der Waals surface area contributed by atoms with Crippen LogP contribution in [0.15, 0.2) is 24.3 Å². The van der Waals surface area contributed by atoms with Gasteiger partial charge in [-0.3, -0.25) is 4.79 Å². The summed E-state index contributed by atoms with van der Waals surface area (Å²) in [6, 6.07) is 8.71. The Kier molecular flexibility index (Phi) is 4.21. The Morgan fingerprint density at radius 1 is 1.30 bits per heavy atom. The summed E-state index contributed by atoms with van der Waals surface area (Å²) in [7, 11) is 0. The first-order valence-corrected chi connectivity index (χ1v) is 7.54. The Hall–Kier alpha value is -1.55. The zero-order chi connectivity index (χ0) is 13.8. The van der Waals surface area contributed by atoms with Gasteiger partial charge in [0.25, 0.3) is 5.91 Å². The molecule has 1 aromatic carbocycles. The average Bonchev–Trinajstić information content (AvgIpc) is 3.14. The van der Waals surface area contributed by atoms with Gasteiger partial charge in [-0.15, -0.1) is 0 Å². The number of hydrogen-bond donors (Lipinski definition) is 1. The fourth-order valence-electron chi connectivity index (χ4n) is 2.50. The lowest BCUT2D eigenvalue weighted by Gasteiger charge is -2.15. The lowest BCUT2D eigenvalue weighted by atomic mass is 10.2. The highest BCUT2D eigenvalue weighted by atomic mass is 16.5. The Bertz CT molecular complexity index is 465. The van der Waals surface area contributed by atoms with E-state index in [2.05, 4.69) is 11.4 Å². The molecule has 1 aliphatic heterocycles. The third-order valence-electron chi connectivity index (χ3n) is 3.89. The lowest BCUT2D eigenvalue weighted by Crippen LogP contribution is -2.32. The van der Waals surface area contributed by atoms with Crippen LogP contribution in [0.4, 0.5) is 0 Å². The molecule has 1 aliphatic carbocycles. The van der Waals surface area contributed by atoms with Gasteiger partial charge in [0, 0.05) is 25.7 Å². The predicted molar refractivity (Wildman–Crippen MR) is 77.6 cm³/mol. The number of rotatable bonds is 6. The molecule has 0 aromatic heterocycles. The summed E-state index contributed by atoms with van der Waals surface area (Å²) in [5.41, 5.74) is 1.21. The summed E-state index contributed by atoms with van der Waals surface area (Å²) in [5.74, 6) is 0.886. The van der Waals surface area contributed by atoms with Crippen molar-refractivity contribution in [1.82, 2.24) is 10.2 Å². The summed E-state index contributed by atoms with van der Waals surface area (Å²) >= 11 is 0. The lowest BCUT2D eigenvalue weighted by molar-refractivity contribution is -0.132. The molecule has 2 fully saturated rings. The van der Waals surface area contributed by atoms with Crippen LogP contribution in [-0.4, -0.2) is 36.5 Å². The van der Waals surface area contributed by atoms with Crippen molar-refractivity contribution in [3.63, 3.8) is 0 Å². The van der Waals surface area contributed by atoms with E-state index in [0.717, 1.165) is 38.2 Å². The van der Waals surface area contributed by atoms with E-state index in [4.69, 9.17) is 4.74 Å². The van der Waals surface area contributed by atoms with Crippen LogP contribution in [-0.2, 0) is 11.3 Å². The van der Waals surface area contributed by atoms with E-state index in [9.17, 15) is 4.79 Å². The van der Waals surface area contributed by atoms with Crippen molar-refractivity contribution in [3.8, 4) is 5.75 Å². The SMILES string of the molecule is O=C(COc1cccc(CNC2CC2)c1)N1CCCC1. The van der Waals surface area contributed by atoms with Crippen LogP contribution in [0.2, 0.25) is 0 Å². The summed E-state index contributed by atoms with van der Waals surface area (Å²) in [5, 5.41) is 3.48. The number of nitrogens with one attached hydrogen (secondary N) is 1. The van der Waals surface area contributed by atoms with Gasteiger partial charge in [-0.2, -0.15) is 0 Å². The molecule has 2 aliphatic rings. The zero-order valence-electron chi connectivity index (χ0n) is 11.8. The highest BCUT2D eigenvalue weighted by molar-refractivity contribution is 5.78. The van der Waals surface area contributed by atoms with Gasteiger partial charge in [-0.25, -0.2) is 0 Å². The topological polar surface area (TPSA) is 41.6 Å². The molecule has 0 spiro atoms. The molecule has 4 heteroatoms. The Labute approximate surface area is 120 Å². The van der Waals surface area contributed by atoms with Crippen LogP contribution in [0.25, 0.3) is 0 Å². The van der Waals surface area contributed by atoms with E-state index in [1.807, 2.05) is 23.1 Å². The third kappa shape index (κ3) is 3.73. The normalized spacial score (nSPS) is 18.3. The third-order valence-corrected chi connectivity index (χ3v) is 3.89. The van der Waals surface area contributed by atoms with Gasteiger partial charge in [-0.1, -0.05) is 12.1 Å². The second kappa shape index (κ2) is 6.27. The van der Waals surface area contributed by atoms with E-state index in [1.165, 1.54) is 18.4 Å². The molecule has 1 saturated heterocycles. The largest absolute Gasteiger partial charge is 0.484 e. The maximum absolute atomic E-state index is 11.9. The van der Waals surface area contributed by atoms with Crippen molar-refractivity contribution in [1.29, 1.82) is 0 Å². The number of carbonyl (C=O) groups is 1. The molecule has 3 rings (SSSR count). The Morgan fingerprint density at radius 3 is 2.85 bits per heavy atom. The fraction of sp³-hybridized carbons (Fsp3) is 0.562. The van der Waals surface area contributed by atoms with Gasteiger partial charge in [-0.05, 0) is 43.4 Å². The number of benzene rings is 1. The summed E-state index contributed by atoms with van der Waals surface area (Å²) < 4.78 is 5.62. The van der Waals surface area contributed by atoms with Crippen LogP contribution in [0.1, 0.15) is 31.2 Å². The van der Waals surface area contributed by atoms with Crippen LogP contribution in [0, 0.1) is 0 Å². The predicted octanol–water partition coefficient (Wildman–Crippen LogP) is 1.94. The number of amides is 1. The number of nitrogens with zero attached hydrogens (tertiary/aromatic N) is 1. The van der Waals surface area contributed by atoms with E-state index in [1.54, 1.807) is 0 Å². The van der Waals surface area contributed by atoms with Crippen molar-refractivity contribution in [2.24, 2.45) is 0 Å². The van der Waals surface area contributed by atoms with Crippen LogP contribution in [0.5, 0.6) is 5.75 Å². The summed E-state index contributed by atoms with van der Waals surface area (Å²) in [6.07, 6.45) is 4.82. The fourth-order valence-corrected chi connectivity index (χ4v) is 2.50. The second-order valence-electron chi connectivity index (χ2n) is 5.68. The molecular weight excluding hydrogens is 252 g/mol. The van der Waals surface area contributed by atoms with E-state index < -0.39 is 0 Å². The molecule has 1 aromatic rings. The molecule has 20 heavy (non-hydrogen) atoms. The van der Waals surface area contributed by atoms with E-state index in [-0.39, 0.29) is 12.5 Å². The van der Waals surface area contributed by atoms with Gasteiger partial charge in [0.05, 0.1) is 0 Å². The number of likely N-dealkylation sites (tertiary alicyclic amines) is 1. The van der Waals surface area contributed by atoms with Gasteiger partial charge in [0.15, 0.2) is 6.61 Å². The molecule has 0 atom stereocenters. The summed E-state index contributed by atoms with van der Waals surface area (Å²) in [4.78, 5) is 13.8. The van der Waals surface area contributed by atoms with Crippen molar-refractivity contribution in [3.05, 3.63) is 29.8 Å². The average molecular weight is 274 g/mol. The highest BCUT2D eigenvalue weighted by Crippen LogP contribution is 2.20. The Morgan fingerprint density at radius 2 is 2.10 bits per heavy atom. The molecule has 108 valence electrons. The Balaban J connectivity index is 1.48. The number of ether oxygens (including phenoxy) is 1. The first-order valence-electron chi connectivity index (χ1n) is 7.54. The quantitative estimate of drug-likeness (QED) is 0.862. The minimum atomic E-state index is 0.101. The van der Waals surface area contributed by atoms with Crippen molar-refractivity contribution < 1.29 is 9.53 Å². The molecule has 0 bridgehead atoms. The molecule has 1 heterocycles. The van der Waals surface area contributed by atoms with E-state index in [0.29, 0.717) is 6.04 Å². The minimum Gasteiger partial charge on any atom is -0.484 e. The first kappa shape index (κ1) is 13.4. The van der Waals surface area contributed by atoms with Gasteiger partial charge in [0.1, 0.15) is 5.75 Å². The maximum Gasteiger partial charge on any atom is 0.260 e. The molecule has 0 radical (unpaired) electrons. The van der Waals surface area contributed by atoms with E-state index >= 15 is 0 Å². The number of hydrogen-bond acceptors (Lipinski definition) is 3. The molecule has 4 nitrogen and oxygen atoms in total. The smallest absolute Gasteiger partial charge is 0.260 e. The molecule has 1 amide bonds. The zero-order valence-corrected chi connectivity index (χ0v) is 11.8. The summed E-state index contributed by atoms with van der Waals surface area (Å²) in [6.45, 7) is 2.79. The van der Waals surface area contributed by atoms with Crippen LogP contribution >= 0.6 is 0 Å². The molecule has 1 N–H and O–H groups in total. The van der Waals surface area contributed by atoms with Gasteiger partial charge < -0.3 is 15.0 Å². The first-order chi connectivity index (χ1) is 9.81. The van der Waals surface area contributed by atoms with Crippen molar-refractivity contribution in [2.45, 2.75) is 38.3 Å². The second-order valence-corrected chi connectivity index (χ2v) is 5.68. The van der Waals surface area contributed by atoms with Crippen molar-refractivity contribution >= 4 is 5.91 Å². The number of carbonyl (C=O) groups excluding carboxylic acids is 1. The molecule has 1 saturated carbocycles. The molecular formula is C16H22N2O2. The van der Waals surface area contributed by atoms with Crippen LogP contribution < -0.4 is 10.1 Å². The monoisotopic (exact) mass is 274 g/mol. The molecule has 0 unspecified atom stereocenters. The van der Waals surface area contributed by atoms with Gasteiger partial charge >= 0.3 is 0 Å². The maximum atomic E-state index is 11.9. The standard InChI is InChI=1S/C16H22N2O2/c19-16(18-8-1-2-9-18)12-20-15-5-3-4-13(10-15)11-17-14-6-7-14/h3-5,10,14,17H,1-2,6-9,11-12H2. The highest BCUT2D eigenvalue weighted by Gasteiger charge is 2.20. The van der Waals surface area contributed by atoms with Crippen LogP contribution in [0.3, 0.4) is 0 Å².